The molecular formula is C17H18BrNO5S. The number of aromatic nitrogens is 1. The monoisotopic (exact) mass is 427 g/mol. The summed E-state index contributed by atoms with van der Waals surface area (Å²) in [5.41, 5.74) is 0.317. The third-order valence-corrected chi connectivity index (χ3v) is 6.29. The van der Waals surface area contributed by atoms with E-state index in [9.17, 15) is 13.2 Å². The minimum Gasteiger partial charge on any atom is -0.353 e. The molecule has 0 amide bonds. The number of carbonyl (C=O) groups excluding carboxylic acids is 1. The molecule has 1 fully saturated rings. The fraction of sp³-hybridized carbons (Fsp3) is 0.353. The summed E-state index contributed by atoms with van der Waals surface area (Å²) in [5, 5.41) is 0. The second-order valence-corrected chi connectivity index (χ2v) is 8.59. The van der Waals surface area contributed by atoms with Gasteiger partial charge in [-0.15, -0.1) is 0 Å². The van der Waals surface area contributed by atoms with Crippen LogP contribution in [0.4, 0.5) is 0 Å². The number of halogens is 1. The van der Waals surface area contributed by atoms with E-state index in [1.54, 1.807) is 18.2 Å². The molecule has 1 aromatic heterocycles. The Balaban J connectivity index is 1.73. The minimum absolute atomic E-state index is 0.170. The number of hydrogen-bond acceptors (Lipinski definition) is 5. The molecule has 0 N–H and O–H groups in total. The molecule has 0 bridgehead atoms. The molecule has 3 rings (SSSR count). The number of rotatable bonds is 6. The highest BCUT2D eigenvalue weighted by atomic mass is 79.9. The van der Waals surface area contributed by atoms with Gasteiger partial charge in [0.2, 0.25) is 0 Å². The smallest absolute Gasteiger partial charge is 0.267 e. The van der Waals surface area contributed by atoms with Crippen LogP contribution >= 0.6 is 15.9 Å². The van der Waals surface area contributed by atoms with Crippen molar-refractivity contribution in [3.8, 4) is 0 Å². The number of ketones is 1. The number of alkyl halides is 1. The molecule has 1 saturated heterocycles. The molecule has 2 aromatic rings. The van der Waals surface area contributed by atoms with Crippen molar-refractivity contribution in [3.63, 3.8) is 0 Å². The molecule has 1 aliphatic rings. The quantitative estimate of drug-likeness (QED) is 0.523. The van der Waals surface area contributed by atoms with Crippen molar-refractivity contribution in [2.75, 3.05) is 13.2 Å². The number of carbonyl (C=O) groups is 1. The van der Waals surface area contributed by atoms with Crippen LogP contribution in [0, 0.1) is 0 Å². The minimum atomic E-state index is -3.70. The normalized spacial score (nSPS) is 17.3. The average Bonchev–Trinajstić information content (AvgIpc) is 3.13. The standard InChI is InChI=1S/C17H18BrNO5S/c18-15(11-16-23-9-4-10-24-16)17(20)13-7-8-19(12-13)25(21,22)14-5-2-1-3-6-14/h1-3,5-8,12,15-16H,4,9-11H2. The number of benzene rings is 1. The van der Waals surface area contributed by atoms with E-state index >= 15 is 0 Å². The Kier molecular flexibility index (Phi) is 5.73. The van der Waals surface area contributed by atoms with Gasteiger partial charge in [-0.1, -0.05) is 34.1 Å². The SMILES string of the molecule is O=C(c1ccn(S(=O)(=O)c2ccccc2)c1)C(Br)CC1OCCCO1. The predicted octanol–water partition coefficient (Wildman–Crippen LogP) is 2.82. The van der Waals surface area contributed by atoms with Crippen LogP contribution in [0.1, 0.15) is 23.2 Å². The number of ether oxygens (including phenoxy) is 2. The molecule has 134 valence electrons. The third-order valence-electron chi connectivity index (χ3n) is 3.85. The van der Waals surface area contributed by atoms with Crippen LogP contribution in [0.15, 0.2) is 53.7 Å². The Morgan fingerprint density at radius 3 is 2.56 bits per heavy atom. The van der Waals surface area contributed by atoms with Gasteiger partial charge in [0.05, 0.1) is 22.9 Å². The van der Waals surface area contributed by atoms with Crippen LogP contribution in [0.3, 0.4) is 0 Å². The van der Waals surface area contributed by atoms with Gasteiger partial charge in [0.15, 0.2) is 12.1 Å². The van der Waals surface area contributed by atoms with E-state index in [2.05, 4.69) is 15.9 Å². The van der Waals surface area contributed by atoms with Gasteiger partial charge in [-0.25, -0.2) is 12.4 Å². The molecule has 8 heteroatoms. The van der Waals surface area contributed by atoms with E-state index in [1.165, 1.54) is 30.6 Å². The van der Waals surface area contributed by atoms with Crippen LogP contribution in [-0.4, -0.2) is 42.5 Å². The lowest BCUT2D eigenvalue weighted by Gasteiger charge is -2.24. The van der Waals surface area contributed by atoms with E-state index in [1.807, 2.05) is 0 Å². The van der Waals surface area contributed by atoms with E-state index in [0.29, 0.717) is 25.2 Å². The summed E-state index contributed by atoms with van der Waals surface area (Å²) < 4.78 is 37.1. The summed E-state index contributed by atoms with van der Waals surface area (Å²) in [6.07, 6.45) is 3.51. The fourth-order valence-corrected chi connectivity index (χ4v) is 4.30. The fourth-order valence-electron chi connectivity index (χ4n) is 2.52. The molecular weight excluding hydrogens is 410 g/mol. The van der Waals surface area contributed by atoms with Gasteiger partial charge in [-0.2, -0.15) is 0 Å². The Morgan fingerprint density at radius 1 is 1.20 bits per heavy atom. The highest BCUT2D eigenvalue weighted by Gasteiger charge is 2.26. The lowest BCUT2D eigenvalue weighted by molar-refractivity contribution is -0.179. The van der Waals surface area contributed by atoms with E-state index in [-0.39, 0.29) is 10.7 Å². The van der Waals surface area contributed by atoms with Gasteiger partial charge in [-0.3, -0.25) is 4.79 Å². The van der Waals surface area contributed by atoms with Gasteiger partial charge in [-0.05, 0) is 24.6 Å². The summed E-state index contributed by atoms with van der Waals surface area (Å²) in [5.74, 6) is -0.209. The zero-order chi connectivity index (χ0) is 17.9. The van der Waals surface area contributed by atoms with Crippen LogP contribution in [0.2, 0.25) is 0 Å². The largest absolute Gasteiger partial charge is 0.353 e. The van der Waals surface area contributed by atoms with Crippen molar-refractivity contribution >= 4 is 31.7 Å². The highest BCUT2D eigenvalue weighted by Crippen LogP contribution is 2.21. The Morgan fingerprint density at radius 2 is 1.88 bits per heavy atom. The maximum absolute atomic E-state index is 12.6. The van der Waals surface area contributed by atoms with Gasteiger partial charge in [0, 0.05) is 24.4 Å². The first-order chi connectivity index (χ1) is 12.0. The lowest BCUT2D eigenvalue weighted by atomic mass is 10.1. The zero-order valence-corrected chi connectivity index (χ0v) is 15.8. The summed E-state index contributed by atoms with van der Waals surface area (Å²) in [7, 11) is -3.70. The molecule has 1 unspecified atom stereocenters. The summed E-state index contributed by atoms with van der Waals surface area (Å²) >= 11 is 3.35. The van der Waals surface area contributed by atoms with Gasteiger partial charge in [0.1, 0.15) is 0 Å². The van der Waals surface area contributed by atoms with Crippen molar-refractivity contribution in [2.45, 2.75) is 28.9 Å². The van der Waals surface area contributed by atoms with Gasteiger partial charge >= 0.3 is 0 Å². The molecule has 1 atom stereocenters. The van der Waals surface area contributed by atoms with Crippen molar-refractivity contribution in [1.29, 1.82) is 0 Å². The molecule has 6 nitrogen and oxygen atoms in total. The van der Waals surface area contributed by atoms with Crippen molar-refractivity contribution in [3.05, 3.63) is 54.4 Å². The second-order valence-electron chi connectivity index (χ2n) is 5.64. The maximum Gasteiger partial charge on any atom is 0.267 e. The topological polar surface area (TPSA) is 74.6 Å². The Labute approximate surface area is 154 Å². The average molecular weight is 428 g/mol. The molecule has 25 heavy (non-hydrogen) atoms. The first-order valence-electron chi connectivity index (χ1n) is 7.88. The second kappa shape index (κ2) is 7.82. The van der Waals surface area contributed by atoms with E-state index in [4.69, 9.17) is 9.47 Å². The molecule has 2 heterocycles. The Hall–Kier alpha value is -1.48. The maximum atomic E-state index is 12.6. The highest BCUT2D eigenvalue weighted by molar-refractivity contribution is 9.10. The molecule has 0 radical (unpaired) electrons. The molecule has 0 saturated carbocycles. The van der Waals surface area contributed by atoms with Crippen molar-refractivity contribution < 1.29 is 22.7 Å². The summed E-state index contributed by atoms with van der Waals surface area (Å²) in [6.45, 7) is 1.23. The molecule has 0 aliphatic carbocycles. The first-order valence-corrected chi connectivity index (χ1v) is 10.2. The first kappa shape index (κ1) is 18.3. The Bertz CT molecular complexity index is 828. The van der Waals surface area contributed by atoms with Crippen LogP contribution in [0.5, 0.6) is 0 Å². The zero-order valence-electron chi connectivity index (χ0n) is 13.4. The molecule has 1 aromatic carbocycles. The summed E-state index contributed by atoms with van der Waals surface area (Å²) in [6, 6.07) is 9.58. The van der Waals surface area contributed by atoms with Crippen molar-refractivity contribution in [1.82, 2.24) is 3.97 Å². The van der Waals surface area contributed by atoms with Crippen LogP contribution in [0.25, 0.3) is 0 Å². The molecule has 0 spiro atoms. The van der Waals surface area contributed by atoms with Crippen LogP contribution < -0.4 is 0 Å². The van der Waals surface area contributed by atoms with Gasteiger partial charge < -0.3 is 9.47 Å². The van der Waals surface area contributed by atoms with Crippen molar-refractivity contribution in [2.24, 2.45) is 0 Å². The summed E-state index contributed by atoms with van der Waals surface area (Å²) in [4.78, 5) is 12.2. The number of hydrogen-bond donors (Lipinski definition) is 0. The third kappa shape index (κ3) is 4.20. The predicted molar refractivity (Wildman–Crippen MR) is 95.4 cm³/mol. The van der Waals surface area contributed by atoms with Crippen LogP contribution in [-0.2, 0) is 19.5 Å². The van der Waals surface area contributed by atoms with Gasteiger partial charge in [0.25, 0.3) is 10.0 Å². The lowest BCUT2D eigenvalue weighted by Crippen LogP contribution is -2.30. The number of nitrogens with zero attached hydrogens (tertiary/aromatic N) is 1. The number of Topliss-reactive ketones (excluding diaryl/α,β-unsaturated/α-hetero) is 1. The van der Waals surface area contributed by atoms with E-state index < -0.39 is 21.1 Å². The molecule has 1 aliphatic heterocycles. The van der Waals surface area contributed by atoms with E-state index in [0.717, 1.165) is 10.4 Å².